The van der Waals surface area contributed by atoms with Gasteiger partial charge in [0.05, 0.1) is 0 Å². The SMILES string of the molecule is Cc1ccc(-c2cccc(C)c2F)c(I)c1. The minimum atomic E-state index is -0.121. The van der Waals surface area contributed by atoms with Gasteiger partial charge >= 0.3 is 0 Å². The van der Waals surface area contributed by atoms with E-state index in [-0.39, 0.29) is 5.82 Å². The monoisotopic (exact) mass is 326 g/mol. The number of benzene rings is 2. The van der Waals surface area contributed by atoms with Crippen molar-refractivity contribution in [3.8, 4) is 11.1 Å². The molecule has 0 aliphatic heterocycles. The molecule has 0 aromatic heterocycles. The van der Waals surface area contributed by atoms with Crippen LogP contribution in [0.15, 0.2) is 36.4 Å². The summed E-state index contributed by atoms with van der Waals surface area (Å²) in [5.41, 5.74) is 3.53. The minimum absolute atomic E-state index is 0.121. The van der Waals surface area contributed by atoms with E-state index < -0.39 is 0 Å². The Morgan fingerprint density at radius 1 is 1.00 bits per heavy atom. The van der Waals surface area contributed by atoms with Crippen LogP contribution in [0.4, 0.5) is 4.39 Å². The molecule has 0 N–H and O–H groups in total. The van der Waals surface area contributed by atoms with Crippen LogP contribution in [0.3, 0.4) is 0 Å². The van der Waals surface area contributed by atoms with E-state index in [0.29, 0.717) is 11.1 Å². The van der Waals surface area contributed by atoms with Crippen molar-refractivity contribution < 1.29 is 4.39 Å². The molecular formula is C14H12FI. The summed E-state index contributed by atoms with van der Waals surface area (Å²) in [6, 6.07) is 11.6. The van der Waals surface area contributed by atoms with E-state index in [2.05, 4.69) is 28.7 Å². The van der Waals surface area contributed by atoms with Crippen molar-refractivity contribution in [3.05, 3.63) is 56.9 Å². The minimum Gasteiger partial charge on any atom is -0.206 e. The van der Waals surface area contributed by atoms with Crippen LogP contribution in [0.2, 0.25) is 0 Å². The van der Waals surface area contributed by atoms with Crippen LogP contribution in [0.1, 0.15) is 11.1 Å². The standard InChI is InChI=1S/C14H12FI/c1-9-6-7-11(13(16)8-9)12-5-3-4-10(2)14(12)15/h3-8H,1-2H3. The molecule has 16 heavy (non-hydrogen) atoms. The lowest BCUT2D eigenvalue weighted by Crippen LogP contribution is -1.91. The molecule has 0 saturated carbocycles. The molecule has 0 bridgehead atoms. The topological polar surface area (TPSA) is 0 Å². The van der Waals surface area contributed by atoms with Crippen molar-refractivity contribution in [2.24, 2.45) is 0 Å². The summed E-state index contributed by atoms with van der Waals surface area (Å²) in [5.74, 6) is -0.121. The molecule has 0 aliphatic rings. The van der Waals surface area contributed by atoms with E-state index in [9.17, 15) is 4.39 Å². The molecule has 0 unspecified atom stereocenters. The summed E-state index contributed by atoms with van der Waals surface area (Å²) in [5, 5.41) is 0. The first-order valence-electron chi connectivity index (χ1n) is 5.11. The van der Waals surface area contributed by atoms with Gasteiger partial charge in [0.2, 0.25) is 0 Å². The summed E-state index contributed by atoms with van der Waals surface area (Å²) >= 11 is 2.25. The van der Waals surface area contributed by atoms with Gasteiger partial charge in [-0.25, -0.2) is 4.39 Å². The molecule has 0 spiro atoms. The van der Waals surface area contributed by atoms with E-state index in [1.807, 2.05) is 31.2 Å². The van der Waals surface area contributed by atoms with Crippen molar-refractivity contribution in [1.29, 1.82) is 0 Å². The van der Waals surface area contributed by atoms with Gasteiger partial charge in [0.1, 0.15) is 5.82 Å². The van der Waals surface area contributed by atoms with E-state index in [4.69, 9.17) is 0 Å². The van der Waals surface area contributed by atoms with Crippen molar-refractivity contribution in [1.82, 2.24) is 0 Å². The van der Waals surface area contributed by atoms with Gasteiger partial charge in [-0.05, 0) is 53.6 Å². The molecule has 2 aromatic carbocycles. The van der Waals surface area contributed by atoms with Gasteiger partial charge in [-0.3, -0.25) is 0 Å². The maximum atomic E-state index is 14.0. The van der Waals surface area contributed by atoms with Crippen LogP contribution in [-0.4, -0.2) is 0 Å². The molecule has 2 rings (SSSR count). The average molecular weight is 326 g/mol. The fourth-order valence-corrected chi connectivity index (χ4v) is 2.66. The molecule has 0 nitrogen and oxygen atoms in total. The fraction of sp³-hybridized carbons (Fsp3) is 0.143. The first-order valence-corrected chi connectivity index (χ1v) is 6.19. The van der Waals surface area contributed by atoms with Crippen molar-refractivity contribution in [2.75, 3.05) is 0 Å². The highest BCUT2D eigenvalue weighted by molar-refractivity contribution is 14.1. The summed E-state index contributed by atoms with van der Waals surface area (Å²) in [6.07, 6.45) is 0. The zero-order valence-corrected chi connectivity index (χ0v) is 11.4. The Bertz CT molecular complexity index is 532. The third-order valence-corrected chi connectivity index (χ3v) is 3.50. The predicted octanol–water partition coefficient (Wildman–Crippen LogP) is 4.71. The smallest absolute Gasteiger partial charge is 0.133 e. The van der Waals surface area contributed by atoms with Crippen LogP contribution in [0, 0.1) is 23.2 Å². The number of aryl methyl sites for hydroxylation is 2. The molecule has 0 aliphatic carbocycles. The molecule has 0 amide bonds. The molecule has 2 heteroatoms. The van der Waals surface area contributed by atoms with E-state index in [0.717, 1.165) is 9.13 Å². The Kier molecular flexibility index (Phi) is 3.28. The van der Waals surface area contributed by atoms with E-state index >= 15 is 0 Å². The second-order valence-electron chi connectivity index (χ2n) is 3.92. The lowest BCUT2D eigenvalue weighted by Gasteiger charge is -2.08. The van der Waals surface area contributed by atoms with Gasteiger partial charge in [-0.1, -0.05) is 35.9 Å². The predicted molar refractivity (Wildman–Crippen MR) is 74.0 cm³/mol. The van der Waals surface area contributed by atoms with Crippen LogP contribution in [0.25, 0.3) is 11.1 Å². The molecule has 2 aromatic rings. The van der Waals surface area contributed by atoms with E-state index in [1.54, 1.807) is 13.0 Å². The summed E-state index contributed by atoms with van der Waals surface area (Å²) in [7, 11) is 0. The van der Waals surface area contributed by atoms with Gasteiger partial charge in [0.25, 0.3) is 0 Å². The highest BCUT2D eigenvalue weighted by Crippen LogP contribution is 2.29. The van der Waals surface area contributed by atoms with Crippen molar-refractivity contribution in [3.63, 3.8) is 0 Å². The second-order valence-corrected chi connectivity index (χ2v) is 5.08. The third-order valence-electron chi connectivity index (χ3n) is 2.61. The molecule has 0 atom stereocenters. The van der Waals surface area contributed by atoms with Crippen molar-refractivity contribution in [2.45, 2.75) is 13.8 Å². The Labute approximate surface area is 109 Å². The van der Waals surface area contributed by atoms with Gasteiger partial charge in [0.15, 0.2) is 0 Å². The quantitative estimate of drug-likeness (QED) is 0.666. The first kappa shape index (κ1) is 11.6. The van der Waals surface area contributed by atoms with Crippen LogP contribution in [0.5, 0.6) is 0 Å². The number of halogens is 2. The molecule has 0 fully saturated rings. The lowest BCUT2D eigenvalue weighted by atomic mass is 10.0. The average Bonchev–Trinajstić information content (AvgIpc) is 2.23. The Hall–Kier alpha value is -0.900. The number of rotatable bonds is 1. The first-order chi connectivity index (χ1) is 7.59. The second kappa shape index (κ2) is 4.53. The lowest BCUT2D eigenvalue weighted by molar-refractivity contribution is 0.622. The molecule has 0 heterocycles. The van der Waals surface area contributed by atoms with Gasteiger partial charge in [0, 0.05) is 9.13 Å². The van der Waals surface area contributed by atoms with Crippen molar-refractivity contribution >= 4 is 22.6 Å². The normalized spacial score (nSPS) is 10.5. The van der Waals surface area contributed by atoms with Gasteiger partial charge in [-0.2, -0.15) is 0 Å². The molecule has 82 valence electrons. The summed E-state index contributed by atoms with van der Waals surface area (Å²) < 4.78 is 15.0. The highest BCUT2D eigenvalue weighted by Gasteiger charge is 2.09. The zero-order chi connectivity index (χ0) is 11.7. The fourth-order valence-electron chi connectivity index (χ4n) is 1.69. The van der Waals surface area contributed by atoms with E-state index in [1.165, 1.54) is 5.56 Å². The van der Waals surface area contributed by atoms with Crippen LogP contribution < -0.4 is 0 Å². The van der Waals surface area contributed by atoms with Crippen LogP contribution in [-0.2, 0) is 0 Å². The largest absolute Gasteiger partial charge is 0.206 e. The highest BCUT2D eigenvalue weighted by atomic mass is 127. The molecular weight excluding hydrogens is 314 g/mol. The maximum absolute atomic E-state index is 14.0. The number of hydrogen-bond donors (Lipinski definition) is 0. The third kappa shape index (κ3) is 2.12. The summed E-state index contributed by atoms with van der Waals surface area (Å²) in [6.45, 7) is 3.83. The van der Waals surface area contributed by atoms with Crippen LogP contribution >= 0.6 is 22.6 Å². The maximum Gasteiger partial charge on any atom is 0.133 e. The zero-order valence-electron chi connectivity index (χ0n) is 9.22. The Balaban J connectivity index is 2.63. The van der Waals surface area contributed by atoms with Gasteiger partial charge in [-0.15, -0.1) is 0 Å². The van der Waals surface area contributed by atoms with Gasteiger partial charge < -0.3 is 0 Å². The number of hydrogen-bond acceptors (Lipinski definition) is 0. The Morgan fingerprint density at radius 3 is 2.44 bits per heavy atom. The molecule has 0 saturated heterocycles. The molecule has 0 radical (unpaired) electrons. The summed E-state index contributed by atoms with van der Waals surface area (Å²) in [4.78, 5) is 0. The Morgan fingerprint density at radius 2 is 1.75 bits per heavy atom.